The first-order valence-corrected chi connectivity index (χ1v) is 8.96. The highest BCUT2D eigenvalue weighted by Crippen LogP contribution is 2.32. The number of nitrogens with zero attached hydrogens (tertiary/aromatic N) is 4. The van der Waals surface area contributed by atoms with E-state index in [1.54, 1.807) is 12.1 Å². The minimum atomic E-state index is -0.181. The molecule has 0 aliphatic carbocycles. The summed E-state index contributed by atoms with van der Waals surface area (Å²) < 4.78 is 21.7. The third-order valence-corrected chi connectivity index (χ3v) is 5.20. The lowest BCUT2D eigenvalue weighted by molar-refractivity contribution is -0.116. The zero-order valence-corrected chi connectivity index (χ0v) is 14.7. The quantitative estimate of drug-likeness (QED) is 0.856. The third-order valence-electron chi connectivity index (χ3n) is 5.20. The topological polar surface area (TPSA) is 33.5 Å². The van der Waals surface area contributed by atoms with E-state index in [-0.39, 0.29) is 11.4 Å². The van der Waals surface area contributed by atoms with Crippen molar-refractivity contribution in [2.75, 3.05) is 37.7 Å². The highest BCUT2D eigenvalue weighted by Gasteiger charge is 2.40. The number of anilines is 1. The lowest BCUT2D eigenvalue weighted by atomic mass is 9.90. The molecule has 1 atom stereocenters. The summed E-state index contributed by atoms with van der Waals surface area (Å²) in [5, 5.41) is 4.26. The molecule has 2 aromatic rings. The summed E-state index contributed by atoms with van der Waals surface area (Å²) in [6.07, 6.45) is 6.13. The standard InChI is InChI=1S/C19H25FN4O/c1-22-12-16(11-21-22)13-23-8-9-25-19(14-23)6-3-7-24(15-19)18-5-2-4-17(20)10-18/h2,4-5,10-12H,3,6-9,13-15H2,1H3/t19-/m0/s1. The fourth-order valence-corrected chi connectivity index (χ4v) is 4.11. The maximum atomic E-state index is 13.6. The summed E-state index contributed by atoms with van der Waals surface area (Å²) in [7, 11) is 1.95. The Bertz CT molecular complexity index is 730. The van der Waals surface area contributed by atoms with Crippen molar-refractivity contribution >= 4 is 5.69 Å². The first-order valence-electron chi connectivity index (χ1n) is 8.96. The molecule has 0 bridgehead atoms. The van der Waals surface area contributed by atoms with Gasteiger partial charge in [-0.05, 0) is 31.0 Å². The van der Waals surface area contributed by atoms with Crippen LogP contribution in [0, 0.1) is 5.82 Å². The minimum Gasteiger partial charge on any atom is -0.370 e. The van der Waals surface area contributed by atoms with Crippen LogP contribution in [0.5, 0.6) is 0 Å². The number of hydrogen-bond acceptors (Lipinski definition) is 4. The fraction of sp³-hybridized carbons (Fsp3) is 0.526. The summed E-state index contributed by atoms with van der Waals surface area (Å²) in [6.45, 7) is 5.28. The summed E-state index contributed by atoms with van der Waals surface area (Å²) in [5.41, 5.74) is 2.02. The lowest BCUT2D eigenvalue weighted by Crippen LogP contribution is -2.59. The normalized spacial score (nSPS) is 24.8. The van der Waals surface area contributed by atoms with E-state index in [9.17, 15) is 4.39 Å². The van der Waals surface area contributed by atoms with E-state index in [2.05, 4.69) is 21.1 Å². The van der Waals surface area contributed by atoms with Gasteiger partial charge >= 0.3 is 0 Å². The molecule has 1 aromatic carbocycles. The van der Waals surface area contributed by atoms with E-state index >= 15 is 0 Å². The fourth-order valence-electron chi connectivity index (χ4n) is 4.11. The van der Waals surface area contributed by atoms with Crippen LogP contribution >= 0.6 is 0 Å². The number of piperidine rings is 1. The second-order valence-electron chi connectivity index (χ2n) is 7.27. The number of ether oxygens (including phenoxy) is 1. The van der Waals surface area contributed by atoms with Gasteiger partial charge < -0.3 is 9.64 Å². The Morgan fingerprint density at radius 1 is 1.28 bits per heavy atom. The van der Waals surface area contributed by atoms with Crippen LogP contribution in [0.25, 0.3) is 0 Å². The van der Waals surface area contributed by atoms with Gasteiger partial charge in [-0.1, -0.05) is 6.07 Å². The molecule has 2 saturated heterocycles. The van der Waals surface area contributed by atoms with E-state index in [4.69, 9.17) is 4.74 Å². The Balaban J connectivity index is 1.46. The Hall–Kier alpha value is -1.92. The van der Waals surface area contributed by atoms with E-state index in [1.807, 2.05) is 24.0 Å². The van der Waals surface area contributed by atoms with Crippen LogP contribution in [-0.2, 0) is 18.3 Å². The highest BCUT2D eigenvalue weighted by atomic mass is 19.1. The van der Waals surface area contributed by atoms with E-state index < -0.39 is 0 Å². The SMILES string of the molecule is Cn1cc(CN2CCO[C@@]3(CCCN(c4cccc(F)c4)C3)C2)cn1. The van der Waals surface area contributed by atoms with Crippen molar-refractivity contribution in [3.05, 3.63) is 48.0 Å². The first-order chi connectivity index (χ1) is 12.1. The van der Waals surface area contributed by atoms with Crippen molar-refractivity contribution in [2.45, 2.75) is 25.0 Å². The number of rotatable bonds is 3. The van der Waals surface area contributed by atoms with Crippen molar-refractivity contribution < 1.29 is 9.13 Å². The molecule has 5 nitrogen and oxygen atoms in total. The van der Waals surface area contributed by atoms with Gasteiger partial charge in [0.25, 0.3) is 0 Å². The molecule has 2 fully saturated rings. The van der Waals surface area contributed by atoms with Crippen LogP contribution in [0.2, 0.25) is 0 Å². The predicted molar refractivity (Wildman–Crippen MR) is 95.0 cm³/mol. The average molecular weight is 344 g/mol. The van der Waals surface area contributed by atoms with E-state index in [0.717, 1.165) is 57.9 Å². The molecule has 3 heterocycles. The number of hydrogen-bond donors (Lipinski definition) is 0. The summed E-state index contributed by atoms with van der Waals surface area (Å²) >= 11 is 0. The van der Waals surface area contributed by atoms with Gasteiger partial charge in [0.1, 0.15) is 5.82 Å². The van der Waals surface area contributed by atoms with Crippen LogP contribution < -0.4 is 4.90 Å². The van der Waals surface area contributed by atoms with Crippen molar-refractivity contribution in [3.63, 3.8) is 0 Å². The van der Waals surface area contributed by atoms with Gasteiger partial charge in [-0.15, -0.1) is 0 Å². The van der Waals surface area contributed by atoms with Gasteiger partial charge in [0.2, 0.25) is 0 Å². The first kappa shape index (κ1) is 16.5. The van der Waals surface area contributed by atoms with Gasteiger partial charge in [-0.25, -0.2) is 4.39 Å². The van der Waals surface area contributed by atoms with Gasteiger partial charge in [-0.3, -0.25) is 9.58 Å². The molecule has 4 rings (SSSR count). The van der Waals surface area contributed by atoms with Crippen LogP contribution in [0.4, 0.5) is 10.1 Å². The van der Waals surface area contributed by atoms with Crippen molar-refractivity contribution in [3.8, 4) is 0 Å². The summed E-state index contributed by atoms with van der Waals surface area (Å²) in [4.78, 5) is 4.72. The molecule has 0 unspecified atom stereocenters. The zero-order chi connectivity index (χ0) is 17.3. The maximum Gasteiger partial charge on any atom is 0.125 e. The molecule has 2 aliphatic rings. The molecule has 0 N–H and O–H groups in total. The monoisotopic (exact) mass is 344 g/mol. The number of halogens is 1. The van der Waals surface area contributed by atoms with Crippen molar-refractivity contribution in [2.24, 2.45) is 7.05 Å². The Kier molecular flexibility index (Phi) is 4.48. The van der Waals surface area contributed by atoms with Crippen molar-refractivity contribution in [1.82, 2.24) is 14.7 Å². The molecule has 6 heteroatoms. The summed E-state index contributed by atoms with van der Waals surface area (Å²) in [6, 6.07) is 6.88. The Morgan fingerprint density at radius 3 is 3.00 bits per heavy atom. The number of benzene rings is 1. The molecule has 1 aromatic heterocycles. The van der Waals surface area contributed by atoms with Gasteiger partial charge in [-0.2, -0.15) is 5.10 Å². The smallest absolute Gasteiger partial charge is 0.125 e. The molecule has 2 aliphatic heterocycles. The molecule has 0 amide bonds. The van der Waals surface area contributed by atoms with Gasteiger partial charge in [0.15, 0.2) is 0 Å². The van der Waals surface area contributed by atoms with E-state index in [0.29, 0.717) is 0 Å². The largest absolute Gasteiger partial charge is 0.370 e. The van der Waals surface area contributed by atoms with Crippen LogP contribution in [0.1, 0.15) is 18.4 Å². The molecular formula is C19H25FN4O. The number of morpholine rings is 1. The van der Waals surface area contributed by atoms with Gasteiger partial charge in [0.05, 0.1) is 18.4 Å². The zero-order valence-electron chi connectivity index (χ0n) is 14.7. The number of aromatic nitrogens is 2. The molecule has 1 spiro atoms. The molecule has 0 radical (unpaired) electrons. The Morgan fingerprint density at radius 2 is 2.20 bits per heavy atom. The van der Waals surface area contributed by atoms with Crippen LogP contribution in [0.15, 0.2) is 36.7 Å². The average Bonchev–Trinajstić information content (AvgIpc) is 3.00. The second kappa shape index (κ2) is 6.77. The molecule has 0 saturated carbocycles. The summed E-state index contributed by atoms with van der Waals surface area (Å²) in [5.74, 6) is -0.181. The second-order valence-corrected chi connectivity index (χ2v) is 7.27. The minimum absolute atomic E-state index is 0.162. The Labute approximate surface area is 148 Å². The number of aryl methyl sites for hydroxylation is 1. The molecular weight excluding hydrogens is 319 g/mol. The maximum absolute atomic E-state index is 13.6. The molecule has 134 valence electrons. The van der Waals surface area contributed by atoms with Crippen LogP contribution in [0.3, 0.4) is 0 Å². The third kappa shape index (κ3) is 3.70. The predicted octanol–water partition coefficient (Wildman–Crippen LogP) is 2.43. The van der Waals surface area contributed by atoms with E-state index in [1.165, 1.54) is 11.6 Å². The molecule has 25 heavy (non-hydrogen) atoms. The lowest BCUT2D eigenvalue weighted by Gasteiger charge is -2.48. The van der Waals surface area contributed by atoms with Crippen molar-refractivity contribution in [1.29, 1.82) is 0 Å². The van der Waals surface area contributed by atoms with Gasteiger partial charge in [0, 0.05) is 57.2 Å². The van der Waals surface area contributed by atoms with Crippen LogP contribution in [-0.4, -0.2) is 53.1 Å². The highest BCUT2D eigenvalue weighted by molar-refractivity contribution is 5.47.